The molecule has 92 valence electrons. The highest BCUT2D eigenvalue weighted by molar-refractivity contribution is 5.90. The molecule has 0 saturated heterocycles. The van der Waals surface area contributed by atoms with Crippen molar-refractivity contribution in [3.05, 3.63) is 41.7 Å². The van der Waals surface area contributed by atoms with Crippen LogP contribution in [0.1, 0.15) is 5.56 Å². The van der Waals surface area contributed by atoms with Crippen molar-refractivity contribution in [2.75, 3.05) is 0 Å². The molecule has 0 unspecified atom stereocenters. The molecule has 3 aromatic rings. The Labute approximate surface area is 105 Å². The molecule has 0 aliphatic heterocycles. The van der Waals surface area contributed by atoms with Crippen LogP contribution in [0.25, 0.3) is 22.4 Å². The van der Waals surface area contributed by atoms with E-state index in [1.54, 1.807) is 0 Å². The van der Waals surface area contributed by atoms with E-state index in [0.717, 1.165) is 18.5 Å². The van der Waals surface area contributed by atoms with E-state index in [-0.39, 0.29) is 11.3 Å². The quantitative estimate of drug-likeness (QED) is 0.724. The van der Waals surface area contributed by atoms with Crippen molar-refractivity contribution in [1.82, 2.24) is 20.2 Å². The van der Waals surface area contributed by atoms with E-state index in [1.165, 1.54) is 6.07 Å². The fourth-order valence-electron chi connectivity index (χ4n) is 1.78. The summed E-state index contributed by atoms with van der Waals surface area (Å²) in [6.45, 7) is 0. The first-order valence-electron chi connectivity index (χ1n) is 5.24. The molecule has 0 bridgehead atoms. The van der Waals surface area contributed by atoms with Gasteiger partial charge in [0.2, 0.25) is 0 Å². The summed E-state index contributed by atoms with van der Waals surface area (Å²) in [6.07, 6.45) is 2.02. The monoisotopic (exact) mass is 257 g/mol. The van der Waals surface area contributed by atoms with Crippen molar-refractivity contribution < 1.29 is 8.78 Å². The topological polar surface area (TPSA) is 78.2 Å². The fraction of sp³-hybridized carbons (Fsp3) is 0. The van der Waals surface area contributed by atoms with Gasteiger partial charge in [0, 0.05) is 0 Å². The lowest BCUT2D eigenvalue weighted by molar-refractivity contribution is 0.621. The maximum absolute atomic E-state index is 13.2. The van der Waals surface area contributed by atoms with Crippen molar-refractivity contribution in [3.8, 4) is 17.5 Å². The Kier molecular flexibility index (Phi) is 2.42. The number of aromatic amines is 1. The molecule has 0 atom stereocenters. The lowest BCUT2D eigenvalue weighted by Gasteiger charge is -2.00. The van der Waals surface area contributed by atoms with Gasteiger partial charge in [0.05, 0.1) is 29.0 Å². The van der Waals surface area contributed by atoms with Crippen LogP contribution in [0.3, 0.4) is 0 Å². The van der Waals surface area contributed by atoms with Crippen molar-refractivity contribution in [2.24, 2.45) is 0 Å². The fourth-order valence-corrected chi connectivity index (χ4v) is 1.78. The standard InChI is InChI=1S/C12H5F2N5/c13-7-1-6(3-15)10(16-4-7)11-9-2-8(14)5-17-12(9)19-18-11/h1-2,4-5H,(H,17,18,19). The summed E-state index contributed by atoms with van der Waals surface area (Å²) < 4.78 is 26.2. The highest BCUT2D eigenvalue weighted by Crippen LogP contribution is 2.26. The number of rotatable bonds is 1. The number of nitriles is 1. The molecule has 3 heterocycles. The van der Waals surface area contributed by atoms with Crippen LogP contribution < -0.4 is 0 Å². The van der Waals surface area contributed by atoms with Gasteiger partial charge in [-0.25, -0.2) is 13.8 Å². The Balaban J connectivity index is 2.31. The van der Waals surface area contributed by atoms with Gasteiger partial charge in [0.1, 0.15) is 23.4 Å². The number of H-pyrrole nitrogens is 1. The number of nitrogens with one attached hydrogen (secondary N) is 1. The Morgan fingerprint density at radius 3 is 2.63 bits per heavy atom. The number of halogens is 2. The van der Waals surface area contributed by atoms with Crippen LogP contribution in [0.5, 0.6) is 0 Å². The number of hydrogen-bond acceptors (Lipinski definition) is 4. The predicted octanol–water partition coefficient (Wildman–Crippen LogP) is 2.17. The zero-order valence-corrected chi connectivity index (χ0v) is 9.35. The van der Waals surface area contributed by atoms with Gasteiger partial charge in [-0.3, -0.25) is 10.1 Å². The highest BCUT2D eigenvalue weighted by atomic mass is 19.1. The molecule has 19 heavy (non-hydrogen) atoms. The minimum Gasteiger partial charge on any atom is -0.273 e. The second-order valence-corrected chi connectivity index (χ2v) is 3.78. The molecule has 3 rings (SSSR count). The summed E-state index contributed by atoms with van der Waals surface area (Å²) in [5.41, 5.74) is 0.874. The Hall–Kier alpha value is -2.88. The molecule has 3 aromatic heterocycles. The maximum Gasteiger partial charge on any atom is 0.181 e. The third-order valence-electron chi connectivity index (χ3n) is 2.59. The molecule has 0 aromatic carbocycles. The Morgan fingerprint density at radius 2 is 1.84 bits per heavy atom. The SMILES string of the molecule is N#Cc1cc(F)cnc1-c1[nH]nc2ncc(F)cc12. The summed E-state index contributed by atoms with van der Waals surface area (Å²) >= 11 is 0. The first-order valence-corrected chi connectivity index (χ1v) is 5.24. The molecule has 0 amide bonds. The van der Waals surface area contributed by atoms with Gasteiger partial charge in [-0.1, -0.05) is 0 Å². The van der Waals surface area contributed by atoms with E-state index >= 15 is 0 Å². The van der Waals surface area contributed by atoms with E-state index in [1.807, 2.05) is 6.07 Å². The van der Waals surface area contributed by atoms with Gasteiger partial charge in [0.25, 0.3) is 0 Å². The second kappa shape index (κ2) is 4.10. The normalized spacial score (nSPS) is 10.6. The Bertz CT molecular complexity index is 819. The number of aromatic nitrogens is 4. The average molecular weight is 257 g/mol. The molecule has 0 spiro atoms. The molecule has 0 radical (unpaired) electrons. The summed E-state index contributed by atoms with van der Waals surface area (Å²) in [5, 5.41) is 15.9. The van der Waals surface area contributed by atoms with Crippen LogP contribution in [0, 0.1) is 23.0 Å². The molecule has 0 fully saturated rings. The predicted molar refractivity (Wildman–Crippen MR) is 61.8 cm³/mol. The van der Waals surface area contributed by atoms with E-state index in [0.29, 0.717) is 16.7 Å². The molecule has 7 heteroatoms. The van der Waals surface area contributed by atoms with Crippen LogP contribution in [-0.4, -0.2) is 20.2 Å². The Morgan fingerprint density at radius 1 is 1.11 bits per heavy atom. The molecule has 1 N–H and O–H groups in total. The zero-order chi connectivity index (χ0) is 13.4. The van der Waals surface area contributed by atoms with Crippen molar-refractivity contribution in [1.29, 1.82) is 5.26 Å². The number of pyridine rings is 2. The first kappa shape index (κ1) is 11.2. The zero-order valence-electron chi connectivity index (χ0n) is 9.35. The summed E-state index contributed by atoms with van der Waals surface area (Å²) in [5.74, 6) is -1.15. The number of nitrogens with zero attached hydrogens (tertiary/aromatic N) is 4. The van der Waals surface area contributed by atoms with Crippen LogP contribution in [0.15, 0.2) is 24.5 Å². The van der Waals surface area contributed by atoms with Crippen LogP contribution in [0.2, 0.25) is 0 Å². The smallest absolute Gasteiger partial charge is 0.181 e. The van der Waals surface area contributed by atoms with E-state index in [2.05, 4.69) is 20.2 Å². The van der Waals surface area contributed by atoms with Crippen LogP contribution in [-0.2, 0) is 0 Å². The van der Waals surface area contributed by atoms with Crippen LogP contribution in [0.4, 0.5) is 8.78 Å². The molecular weight excluding hydrogens is 252 g/mol. The summed E-state index contributed by atoms with van der Waals surface area (Å²) in [4.78, 5) is 7.65. The van der Waals surface area contributed by atoms with Crippen molar-refractivity contribution >= 4 is 11.0 Å². The van der Waals surface area contributed by atoms with Gasteiger partial charge in [-0.2, -0.15) is 10.4 Å². The van der Waals surface area contributed by atoms with E-state index < -0.39 is 11.6 Å². The maximum atomic E-state index is 13.2. The summed E-state index contributed by atoms with van der Waals surface area (Å²) in [6, 6.07) is 4.13. The van der Waals surface area contributed by atoms with Gasteiger partial charge in [-0.15, -0.1) is 0 Å². The third kappa shape index (κ3) is 1.79. The minimum absolute atomic E-state index is 0.0369. The number of hydrogen-bond donors (Lipinski definition) is 1. The van der Waals surface area contributed by atoms with Crippen molar-refractivity contribution in [2.45, 2.75) is 0 Å². The molecule has 5 nitrogen and oxygen atoms in total. The molecule has 0 aliphatic carbocycles. The molecular formula is C12H5F2N5. The van der Waals surface area contributed by atoms with Gasteiger partial charge in [-0.05, 0) is 12.1 Å². The van der Waals surface area contributed by atoms with E-state index in [4.69, 9.17) is 5.26 Å². The highest BCUT2D eigenvalue weighted by Gasteiger charge is 2.15. The lowest BCUT2D eigenvalue weighted by atomic mass is 10.1. The van der Waals surface area contributed by atoms with Crippen molar-refractivity contribution in [3.63, 3.8) is 0 Å². The van der Waals surface area contributed by atoms with Crippen LogP contribution >= 0.6 is 0 Å². The first-order chi connectivity index (χ1) is 9.19. The lowest BCUT2D eigenvalue weighted by Crippen LogP contribution is -1.92. The largest absolute Gasteiger partial charge is 0.273 e. The van der Waals surface area contributed by atoms with E-state index in [9.17, 15) is 8.78 Å². The van der Waals surface area contributed by atoms with Gasteiger partial charge >= 0.3 is 0 Å². The molecule has 0 saturated carbocycles. The number of fused-ring (bicyclic) bond motifs is 1. The third-order valence-corrected chi connectivity index (χ3v) is 2.59. The summed E-state index contributed by atoms with van der Waals surface area (Å²) in [7, 11) is 0. The second-order valence-electron chi connectivity index (χ2n) is 3.78. The minimum atomic E-state index is -0.617. The van der Waals surface area contributed by atoms with Gasteiger partial charge < -0.3 is 0 Å². The van der Waals surface area contributed by atoms with Gasteiger partial charge in [0.15, 0.2) is 5.65 Å². The average Bonchev–Trinajstić information content (AvgIpc) is 2.81. The molecule has 0 aliphatic rings.